The maximum Gasteiger partial charge on any atom is 0.304 e. The number of hydrogen-bond acceptors (Lipinski definition) is 4. The predicted octanol–water partition coefficient (Wildman–Crippen LogP) is 5.77. The number of nitrogens with one attached hydrogen (secondary N) is 1. The smallest absolute Gasteiger partial charge is 0.304 e. The van der Waals surface area contributed by atoms with Gasteiger partial charge >= 0.3 is 10.2 Å². The van der Waals surface area contributed by atoms with Gasteiger partial charge in [-0.05, 0) is 67.1 Å². The van der Waals surface area contributed by atoms with Gasteiger partial charge in [-0.2, -0.15) is 12.7 Å². The van der Waals surface area contributed by atoms with E-state index in [0.29, 0.717) is 12.1 Å². The normalized spacial score (nSPS) is 14.7. The monoisotopic (exact) mass is 682 g/mol. The molecule has 0 unspecified atom stereocenters. The van der Waals surface area contributed by atoms with Gasteiger partial charge in [-0.15, -0.1) is 0 Å². The lowest BCUT2D eigenvalue weighted by Gasteiger charge is -2.35. The molecule has 10 heteroatoms. The minimum absolute atomic E-state index is 0.0553. The fourth-order valence-corrected chi connectivity index (χ4v) is 6.95. The van der Waals surface area contributed by atoms with Gasteiger partial charge in [0.15, 0.2) is 0 Å². The summed E-state index contributed by atoms with van der Waals surface area (Å²) < 4.78 is 30.6. The average Bonchev–Trinajstić information content (AvgIpc) is 3.00. The molecule has 0 bridgehead atoms. The van der Waals surface area contributed by atoms with Crippen molar-refractivity contribution in [1.29, 1.82) is 0 Å². The standard InChI is InChI=1S/C34H43BrN4O4S/c1-25-15-16-26(2)31(21-25)39(44(42,43)37(3)4)24-33(40)38(23-28-17-19-29(35)20-18-28)32(22-27-11-7-5-8-12-27)34(41)36-30-13-9-6-10-14-30/h5,7-8,11-12,15-21,30,32H,6,9-10,13-14,22-24H2,1-4H3,(H,36,41)/t32-/m0/s1. The summed E-state index contributed by atoms with van der Waals surface area (Å²) in [4.78, 5) is 30.2. The third kappa shape index (κ3) is 8.70. The van der Waals surface area contributed by atoms with Crippen LogP contribution in [0.5, 0.6) is 0 Å². The van der Waals surface area contributed by atoms with E-state index < -0.39 is 28.7 Å². The quantitative estimate of drug-likeness (QED) is 0.263. The van der Waals surface area contributed by atoms with Crippen molar-refractivity contribution in [2.24, 2.45) is 0 Å². The molecule has 0 spiro atoms. The Morgan fingerprint density at radius 1 is 0.909 bits per heavy atom. The second-order valence-electron chi connectivity index (χ2n) is 11.8. The molecule has 1 fully saturated rings. The third-order valence-corrected chi connectivity index (χ3v) is 10.5. The Morgan fingerprint density at radius 2 is 1.57 bits per heavy atom. The van der Waals surface area contributed by atoms with Crippen molar-refractivity contribution in [3.05, 3.63) is 99.5 Å². The van der Waals surface area contributed by atoms with Crippen molar-refractivity contribution in [3.8, 4) is 0 Å². The zero-order valence-electron chi connectivity index (χ0n) is 26.0. The Balaban J connectivity index is 1.77. The Morgan fingerprint density at radius 3 is 2.20 bits per heavy atom. The summed E-state index contributed by atoms with van der Waals surface area (Å²) in [6.07, 6.45) is 5.39. The van der Waals surface area contributed by atoms with Crippen LogP contribution < -0.4 is 9.62 Å². The Hall–Kier alpha value is -3.21. The lowest BCUT2D eigenvalue weighted by Crippen LogP contribution is -2.55. The summed E-state index contributed by atoms with van der Waals surface area (Å²) in [5.41, 5.74) is 3.78. The van der Waals surface area contributed by atoms with Gasteiger partial charge in [0, 0.05) is 37.6 Å². The number of hydrogen-bond donors (Lipinski definition) is 1. The summed E-state index contributed by atoms with van der Waals surface area (Å²) in [5, 5.41) is 3.24. The molecular weight excluding hydrogens is 640 g/mol. The maximum absolute atomic E-state index is 14.5. The summed E-state index contributed by atoms with van der Waals surface area (Å²) in [6.45, 7) is 3.40. The van der Waals surface area contributed by atoms with Crippen LogP contribution in [0.4, 0.5) is 5.69 Å². The molecule has 0 radical (unpaired) electrons. The number of nitrogens with zero attached hydrogens (tertiary/aromatic N) is 3. The van der Waals surface area contributed by atoms with Gasteiger partial charge in [-0.1, -0.05) is 89.8 Å². The SMILES string of the molecule is Cc1ccc(C)c(N(CC(=O)N(Cc2ccc(Br)cc2)[C@@H](Cc2ccccc2)C(=O)NC2CCCCC2)S(=O)(=O)N(C)C)c1. The van der Waals surface area contributed by atoms with E-state index in [9.17, 15) is 18.0 Å². The van der Waals surface area contributed by atoms with Crippen LogP contribution in [0.25, 0.3) is 0 Å². The van der Waals surface area contributed by atoms with Gasteiger partial charge in [-0.25, -0.2) is 4.31 Å². The van der Waals surface area contributed by atoms with Crippen LogP contribution in [0.1, 0.15) is 54.4 Å². The molecule has 0 aromatic heterocycles. The molecule has 1 aliphatic carbocycles. The van der Waals surface area contributed by atoms with Crippen molar-refractivity contribution in [3.63, 3.8) is 0 Å². The lowest BCUT2D eigenvalue weighted by atomic mass is 9.94. The number of carbonyl (C=O) groups excluding carboxylic acids is 2. The Kier molecular flexibility index (Phi) is 11.6. The first-order valence-electron chi connectivity index (χ1n) is 15.1. The Labute approximate surface area is 270 Å². The maximum atomic E-state index is 14.5. The van der Waals surface area contributed by atoms with E-state index in [1.54, 1.807) is 11.0 Å². The second-order valence-corrected chi connectivity index (χ2v) is 14.8. The minimum Gasteiger partial charge on any atom is -0.352 e. The van der Waals surface area contributed by atoms with E-state index in [1.165, 1.54) is 14.1 Å². The molecule has 4 rings (SSSR count). The number of aryl methyl sites for hydroxylation is 2. The number of halogens is 1. The average molecular weight is 684 g/mol. The molecule has 1 atom stereocenters. The molecule has 1 saturated carbocycles. The first kappa shape index (κ1) is 33.7. The van der Waals surface area contributed by atoms with Gasteiger partial charge in [0.25, 0.3) is 0 Å². The van der Waals surface area contributed by atoms with Gasteiger partial charge in [0.05, 0.1) is 5.69 Å². The van der Waals surface area contributed by atoms with Gasteiger partial charge in [0.1, 0.15) is 12.6 Å². The first-order valence-corrected chi connectivity index (χ1v) is 17.3. The number of anilines is 1. The summed E-state index contributed by atoms with van der Waals surface area (Å²) in [6, 6.07) is 22.0. The molecule has 3 aromatic carbocycles. The number of rotatable bonds is 12. The predicted molar refractivity (Wildman–Crippen MR) is 180 cm³/mol. The number of amides is 2. The summed E-state index contributed by atoms with van der Waals surface area (Å²) >= 11 is 3.48. The van der Waals surface area contributed by atoms with E-state index in [0.717, 1.165) is 67.4 Å². The second kappa shape index (κ2) is 15.2. The van der Waals surface area contributed by atoms with Crippen molar-refractivity contribution >= 4 is 43.6 Å². The highest BCUT2D eigenvalue weighted by Crippen LogP contribution is 2.27. The molecule has 0 saturated heterocycles. The van der Waals surface area contributed by atoms with Crippen molar-refractivity contribution in [1.82, 2.24) is 14.5 Å². The molecule has 8 nitrogen and oxygen atoms in total. The Bertz CT molecular complexity index is 1520. The van der Waals surface area contributed by atoms with E-state index in [-0.39, 0.29) is 18.5 Å². The van der Waals surface area contributed by atoms with Crippen LogP contribution in [0.2, 0.25) is 0 Å². The molecule has 2 amide bonds. The van der Waals surface area contributed by atoms with Crippen LogP contribution in [0.15, 0.2) is 77.3 Å². The van der Waals surface area contributed by atoms with Crippen molar-refractivity contribution in [2.75, 3.05) is 24.9 Å². The van der Waals surface area contributed by atoms with E-state index >= 15 is 0 Å². The van der Waals surface area contributed by atoms with E-state index in [1.807, 2.05) is 80.6 Å². The molecule has 1 aliphatic rings. The third-order valence-electron chi connectivity index (χ3n) is 8.14. The highest BCUT2D eigenvalue weighted by atomic mass is 79.9. The van der Waals surface area contributed by atoms with Crippen LogP contribution in [-0.2, 0) is 32.8 Å². The molecule has 1 N–H and O–H groups in total. The fourth-order valence-electron chi connectivity index (χ4n) is 5.57. The molecule has 0 aliphatic heterocycles. The van der Waals surface area contributed by atoms with Gasteiger partial charge < -0.3 is 10.2 Å². The largest absolute Gasteiger partial charge is 0.352 e. The molecule has 0 heterocycles. The summed E-state index contributed by atoms with van der Waals surface area (Å²) in [5.74, 6) is -0.682. The molecule has 236 valence electrons. The van der Waals surface area contributed by atoms with Crippen LogP contribution in [-0.4, -0.2) is 62.2 Å². The zero-order valence-corrected chi connectivity index (χ0v) is 28.4. The first-order chi connectivity index (χ1) is 21.0. The fraction of sp³-hybridized carbons (Fsp3) is 0.412. The highest BCUT2D eigenvalue weighted by Gasteiger charge is 2.36. The number of benzene rings is 3. The lowest BCUT2D eigenvalue weighted by molar-refractivity contribution is -0.140. The van der Waals surface area contributed by atoms with E-state index in [2.05, 4.69) is 21.2 Å². The topological polar surface area (TPSA) is 90.0 Å². The van der Waals surface area contributed by atoms with Gasteiger partial charge in [-0.3, -0.25) is 9.59 Å². The molecular formula is C34H43BrN4O4S. The van der Waals surface area contributed by atoms with Crippen molar-refractivity contribution < 1.29 is 18.0 Å². The number of carbonyl (C=O) groups is 2. The van der Waals surface area contributed by atoms with E-state index in [4.69, 9.17) is 0 Å². The van der Waals surface area contributed by atoms with Crippen molar-refractivity contribution in [2.45, 2.75) is 71.0 Å². The highest BCUT2D eigenvalue weighted by molar-refractivity contribution is 9.10. The van der Waals surface area contributed by atoms with Gasteiger partial charge in [0.2, 0.25) is 11.8 Å². The zero-order chi connectivity index (χ0) is 31.9. The summed E-state index contributed by atoms with van der Waals surface area (Å²) in [7, 11) is -1.15. The molecule has 3 aromatic rings. The van der Waals surface area contributed by atoms with Crippen LogP contribution in [0, 0.1) is 13.8 Å². The minimum atomic E-state index is -4.05. The molecule has 44 heavy (non-hydrogen) atoms. The van der Waals surface area contributed by atoms with Crippen LogP contribution in [0.3, 0.4) is 0 Å². The van der Waals surface area contributed by atoms with Crippen LogP contribution >= 0.6 is 15.9 Å².